The van der Waals surface area contributed by atoms with Crippen LogP contribution in [0.5, 0.6) is 0 Å². The zero-order chi connectivity index (χ0) is 28.1. The quantitative estimate of drug-likeness (QED) is 0.299. The lowest BCUT2D eigenvalue weighted by Gasteiger charge is -2.72. The summed E-state index contributed by atoms with van der Waals surface area (Å²) >= 11 is 0. The minimum Gasteiger partial charge on any atom is -0.450 e. The second-order valence-corrected chi connectivity index (χ2v) is 15.5. The molecule has 4 N–H and O–H groups in total. The Bertz CT molecular complexity index is 1050. The number of rotatable bonds is 3. The van der Waals surface area contributed by atoms with Gasteiger partial charge in [0, 0.05) is 23.2 Å². The van der Waals surface area contributed by atoms with Crippen LogP contribution in [0.25, 0.3) is 0 Å². The molecule has 0 saturated heterocycles. The van der Waals surface area contributed by atoms with Crippen molar-refractivity contribution in [1.82, 2.24) is 0 Å². The van der Waals surface area contributed by atoms with Crippen LogP contribution >= 0.6 is 0 Å². The van der Waals surface area contributed by atoms with Gasteiger partial charge in [-0.2, -0.15) is 0 Å². The third-order valence-electron chi connectivity index (χ3n) is 13.1. The average Bonchev–Trinajstić information content (AvgIpc) is 2.81. The molecule has 4 fully saturated rings. The zero-order valence-corrected chi connectivity index (χ0v) is 24.0. The maximum Gasteiger partial charge on any atom is 0.505 e. The standard InChI is InChI=1S/C31H48O7/c1-26(2)9-11-31(17-38-25(36)37)12-10-29(5)18(19(31)13-26)7-8-22-27(3)14-21(34)24(35)28(4,16-32)23(27)20(33)15-30(22,29)6/h7,19-20,22-24,32-33,35H,8-17H2,1-6H3,(H,36,37)/t19-,20-,22-,23?,24+,27-,28?,29-,30-,31-/m1/s1. The van der Waals surface area contributed by atoms with Gasteiger partial charge < -0.3 is 25.2 Å². The fourth-order valence-electron chi connectivity index (χ4n) is 10.9. The second-order valence-electron chi connectivity index (χ2n) is 15.5. The van der Waals surface area contributed by atoms with Crippen LogP contribution in [0.4, 0.5) is 4.79 Å². The van der Waals surface area contributed by atoms with Crippen molar-refractivity contribution in [2.75, 3.05) is 13.2 Å². The highest BCUT2D eigenvalue weighted by Gasteiger charge is 2.72. The lowest BCUT2D eigenvalue weighted by Crippen LogP contribution is -2.70. The number of fused-ring (bicyclic) bond motifs is 7. The number of allylic oxidation sites excluding steroid dienone is 2. The van der Waals surface area contributed by atoms with Gasteiger partial charge in [-0.05, 0) is 78.4 Å². The van der Waals surface area contributed by atoms with Gasteiger partial charge in [0.05, 0.1) is 12.7 Å². The molecule has 0 radical (unpaired) electrons. The Hall–Kier alpha value is -1.44. The van der Waals surface area contributed by atoms with Crippen molar-refractivity contribution in [3.05, 3.63) is 11.6 Å². The minimum absolute atomic E-state index is 0.110. The van der Waals surface area contributed by atoms with Crippen LogP contribution in [0.3, 0.4) is 0 Å². The van der Waals surface area contributed by atoms with Crippen LogP contribution in [0.1, 0.15) is 92.9 Å². The van der Waals surface area contributed by atoms with Gasteiger partial charge in [0.15, 0.2) is 5.78 Å². The van der Waals surface area contributed by atoms with E-state index in [1.54, 1.807) is 6.92 Å². The fourth-order valence-corrected chi connectivity index (χ4v) is 10.9. The van der Waals surface area contributed by atoms with Crippen molar-refractivity contribution in [2.45, 2.75) is 105 Å². The number of Topliss-reactive ketones (excluding diaryl/α,β-unsaturated/α-hetero) is 1. The topological polar surface area (TPSA) is 124 Å². The van der Waals surface area contributed by atoms with E-state index in [9.17, 15) is 30.0 Å². The Kier molecular flexibility index (Phi) is 6.31. The molecule has 214 valence electrons. The molecule has 0 aromatic carbocycles. The highest BCUT2D eigenvalue weighted by atomic mass is 16.7. The molecular weight excluding hydrogens is 484 g/mol. The van der Waals surface area contributed by atoms with Crippen molar-refractivity contribution < 1.29 is 34.8 Å². The number of carbonyl (C=O) groups excluding carboxylic acids is 1. The number of ether oxygens (including phenoxy) is 1. The van der Waals surface area contributed by atoms with Gasteiger partial charge in [0.1, 0.15) is 12.7 Å². The van der Waals surface area contributed by atoms with E-state index in [-0.39, 0.29) is 64.8 Å². The van der Waals surface area contributed by atoms with E-state index in [1.807, 2.05) is 0 Å². The van der Waals surface area contributed by atoms with Gasteiger partial charge in [-0.1, -0.05) is 53.2 Å². The average molecular weight is 533 g/mol. The summed E-state index contributed by atoms with van der Waals surface area (Å²) in [5.41, 5.74) is -0.816. The fraction of sp³-hybridized carbons (Fsp3) is 0.871. The predicted octanol–water partition coefficient (Wildman–Crippen LogP) is 4.97. The molecule has 0 aromatic rings. The summed E-state index contributed by atoms with van der Waals surface area (Å²) in [6.07, 6.45) is 5.42. The highest BCUT2D eigenvalue weighted by Crippen LogP contribution is 2.75. The van der Waals surface area contributed by atoms with Crippen LogP contribution < -0.4 is 0 Å². The molecular formula is C31H48O7. The molecule has 5 rings (SSSR count). The summed E-state index contributed by atoms with van der Waals surface area (Å²) in [6, 6.07) is 0. The Morgan fingerprint density at radius 3 is 2.32 bits per heavy atom. The van der Waals surface area contributed by atoms with Gasteiger partial charge in [-0.25, -0.2) is 4.79 Å². The Morgan fingerprint density at radius 1 is 1.03 bits per heavy atom. The zero-order valence-electron chi connectivity index (χ0n) is 24.0. The maximum atomic E-state index is 13.2. The van der Waals surface area contributed by atoms with E-state index in [0.717, 1.165) is 38.5 Å². The number of hydrogen-bond acceptors (Lipinski definition) is 6. The van der Waals surface area contributed by atoms with E-state index >= 15 is 0 Å². The van der Waals surface area contributed by atoms with E-state index in [1.165, 1.54) is 5.57 Å². The van der Waals surface area contributed by atoms with Gasteiger partial charge in [-0.15, -0.1) is 0 Å². The van der Waals surface area contributed by atoms with Gasteiger partial charge in [0.2, 0.25) is 0 Å². The van der Waals surface area contributed by atoms with E-state index < -0.39 is 29.2 Å². The summed E-state index contributed by atoms with van der Waals surface area (Å²) in [5.74, 6) is -0.301. The van der Waals surface area contributed by atoms with Gasteiger partial charge >= 0.3 is 6.16 Å². The number of aliphatic hydroxyl groups is 3. The van der Waals surface area contributed by atoms with Crippen molar-refractivity contribution >= 4 is 11.9 Å². The Balaban J connectivity index is 1.61. The highest BCUT2D eigenvalue weighted by molar-refractivity contribution is 5.85. The van der Waals surface area contributed by atoms with Crippen molar-refractivity contribution in [2.24, 2.45) is 50.2 Å². The van der Waals surface area contributed by atoms with Crippen LogP contribution in [0.15, 0.2) is 11.6 Å². The van der Waals surface area contributed by atoms with E-state index in [2.05, 4.69) is 40.7 Å². The molecule has 7 nitrogen and oxygen atoms in total. The first-order valence-electron chi connectivity index (χ1n) is 14.6. The molecule has 38 heavy (non-hydrogen) atoms. The molecule has 0 aliphatic heterocycles. The smallest absolute Gasteiger partial charge is 0.450 e. The number of carboxylic acid groups (broad SMARTS) is 1. The molecule has 10 atom stereocenters. The minimum atomic E-state index is -1.27. The molecule has 0 spiro atoms. The Morgan fingerprint density at radius 2 is 1.68 bits per heavy atom. The van der Waals surface area contributed by atoms with Gasteiger partial charge in [-0.3, -0.25) is 4.79 Å². The third-order valence-corrected chi connectivity index (χ3v) is 13.1. The Labute approximate surface area is 227 Å². The molecule has 0 bridgehead atoms. The lowest BCUT2D eigenvalue weighted by molar-refractivity contribution is -0.244. The summed E-state index contributed by atoms with van der Waals surface area (Å²) in [7, 11) is 0. The monoisotopic (exact) mass is 532 g/mol. The van der Waals surface area contributed by atoms with Gasteiger partial charge in [0.25, 0.3) is 0 Å². The molecule has 5 aliphatic rings. The normalized spacial score (nSPS) is 51.6. The summed E-state index contributed by atoms with van der Waals surface area (Å²) < 4.78 is 5.28. The predicted molar refractivity (Wildman–Crippen MR) is 142 cm³/mol. The molecule has 0 amide bonds. The first-order valence-corrected chi connectivity index (χ1v) is 14.6. The summed E-state index contributed by atoms with van der Waals surface area (Å²) in [5, 5.41) is 42.5. The maximum absolute atomic E-state index is 13.2. The number of ketones is 1. The summed E-state index contributed by atoms with van der Waals surface area (Å²) in [4.78, 5) is 24.6. The number of hydrogen-bond donors (Lipinski definition) is 4. The van der Waals surface area contributed by atoms with Crippen LogP contribution in [-0.2, 0) is 9.53 Å². The number of carbonyl (C=O) groups is 2. The van der Waals surface area contributed by atoms with Crippen LogP contribution in [-0.4, -0.2) is 57.8 Å². The van der Waals surface area contributed by atoms with E-state index in [4.69, 9.17) is 4.74 Å². The molecule has 4 saturated carbocycles. The summed E-state index contributed by atoms with van der Waals surface area (Å²) in [6.45, 7) is 13.0. The molecule has 0 aromatic heterocycles. The molecule has 0 heterocycles. The second kappa shape index (κ2) is 8.53. The molecule has 7 heteroatoms. The van der Waals surface area contributed by atoms with Crippen molar-refractivity contribution in [3.63, 3.8) is 0 Å². The molecule has 5 aliphatic carbocycles. The lowest BCUT2D eigenvalue weighted by atomic mass is 9.33. The van der Waals surface area contributed by atoms with Crippen molar-refractivity contribution in [3.8, 4) is 0 Å². The molecule has 2 unspecified atom stereocenters. The third kappa shape index (κ3) is 3.56. The van der Waals surface area contributed by atoms with E-state index in [0.29, 0.717) is 6.42 Å². The number of aliphatic hydroxyl groups excluding tert-OH is 3. The van der Waals surface area contributed by atoms with Crippen LogP contribution in [0, 0.1) is 50.2 Å². The largest absolute Gasteiger partial charge is 0.505 e. The first kappa shape index (κ1) is 28.1. The first-order chi connectivity index (χ1) is 17.5. The SMILES string of the molecule is CC1(C)CC[C@]2(COC(=O)O)CC[C@]3(C)C(=CC[C@@H]4[C@@]5(C)CC(=O)[C@H](O)C(C)(CO)C5[C@H](O)C[C@]43C)[C@H]2C1. The van der Waals surface area contributed by atoms with Crippen LogP contribution in [0.2, 0.25) is 0 Å². The van der Waals surface area contributed by atoms with Crippen molar-refractivity contribution in [1.29, 1.82) is 0 Å².